The van der Waals surface area contributed by atoms with Gasteiger partial charge < -0.3 is 5.32 Å². The number of carbonyl (C=O) groups is 1. The van der Waals surface area contributed by atoms with Crippen molar-refractivity contribution in [3.8, 4) is 0 Å². The number of sulfonamides is 1. The molecule has 1 N–H and O–H groups in total. The lowest BCUT2D eigenvalue weighted by atomic mass is 9.97. The number of hydrogen-bond donors (Lipinski definition) is 1. The van der Waals surface area contributed by atoms with Crippen molar-refractivity contribution in [3.63, 3.8) is 0 Å². The Bertz CT molecular complexity index is 992. The van der Waals surface area contributed by atoms with E-state index in [-0.39, 0.29) is 23.4 Å². The lowest BCUT2D eigenvalue weighted by Gasteiger charge is -2.30. The molecule has 1 saturated heterocycles. The number of halogens is 3. The largest absolute Gasteiger partial charge is 0.356 e. The van der Waals surface area contributed by atoms with E-state index in [0.717, 1.165) is 5.56 Å². The van der Waals surface area contributed by atoms with Crippen LogP contribution in [0.3, 0.4) is 0 Å². The minimum atomic E-state index is -3.53. The van der Waals surface area contributed by atoms with Gasteiger partial charge in [0.2, 0.25) is 15.9 Å². The fourth-order valence-corrected chi connectivity index (χ4v) is 5.60. The maximum atomic E-state index is 12.9. The molecule has 0 aliphatic carbocycles. The third kappa shape index (κ3) is 6.17. The van der Waals surface area contributed by atoms with Gasteiger partial charge in [-0.1, -0.05) is 41.4 Å². The number of hydrogen-bond acceptors (Lipinski definition) is 3. The fraction of sp³-hybridized carbons (Fsp3) is 0.381. The molecule has 0 aromatic heterocycles. The molecule has 2 aromatic carbocycles. The second-order valence-electron chi connectivity index (χ2n) is 7.33. The highest BCUT2D eigenvalue weighted by atomic mass is 35.5. The number of nitrogens with zero attached hydrogens (tertiary/aromatic N) is 1. The molecule has 1 heterocycles. The Morgan fingerprint density at radius 3 is 2.40 bits per heavy atom. The van der Waals surface area contributed by atoms with Crippen LogP contribution in [-0.4, -0.2) is 38.3 Å². The first-order valence-corrected chi connectivity index (χ1v) is 12.0. The number of piperidine rings is 1. The van der Waals surface area contributed by atoms with Crippen LogP contribution in [-0.2, 0) is 27.0 Å². The highest BCUT2D eigenvalue weighted by Crippen LogP contribution is 2.26. The molecule has 5 nitrogen and oxygen atoms in total. The zero-order valence-corrected chi connectivity index (χ0v) is 18.6. The Labute approximate surface area is 186 Å². The molecule has 30 heavy (non-hydrogen) atoms. The maximum absolute atomic E-state index is 12.9. The first kappa shape index (κ1) is 23.0. The SMILES string of the molecule is O=C(NCCc1ccc(F)cc1)C1CCN(S(=O)(=O)Cc2ccc(Cl)cc2Cl)CC1. The minimum absolute atomic E-state index is 0.0742. The zero-order valence-electron chi connectivity index (χ0n) is 16.3. The van der Waals surface area contributed by atoms with Crippen LogP contribution in [0.5, 0.6) is 0 Å². The predicted octanol–water partition coefficient (Wildman–Crippen LogP) is 4.03. The van der Waals surface area contributed by atoms with Crippen LogP contribution in [0.15, 0.2) is 42.5 Å². The lowest BCUT2D eigenvalue weighted by Crippen LogP contribution is -2.43. The average Bonchev–Trinajstić information content (AvgIpc) is 2.71. The number of carbonyl (C=O) groups excluding carboxylic acids is 1. The van der Waals surface area contributed by atoms with Gasteiger partial charge in [0.25, 0.3) is 0 Å². The Balaban J connectivity index is 1.47. The summed E-state index contributed by atoms with van der Waals surface area (Å²) in [5.41, 5.74) is 1.44. The molecule has 9 heteroatoms. The van der Waals surface area contributed by atoms with Crippen molar-refractivity contribution in [2.75, 3.05) is 19.6 Å². The molecule has 0 atom stereocenters. The van der Waals surface area contributed by atoms with Crippen LogP contribution in [0.4, 0.5) is 4.39 Å². The second-order valence-corrected chi connectivity index (χ2v) is 10.1. The van der Waals surface area contributed by atoms with Gasteiger partial charge in [-0.3, -0.25) is 4.79 Å². The van der Waals surface area contributed by atoms with E-state index in [1.165, 1.54) is 22.5 Å². The van der Waals surface area contributed by atoms with Gasteiger partial charge in [0.15, 0.2) is 0 Å². The smallest absolute Gasteiger partial charge is 0.223 e. The Morgan fingerprint density at radius 1 is 1.10 bits per heavy atom. The summed E-state index contributed by atoms with van der Waals surface area (Å²) in [5, 5.41) is 3.66. The minimum Gasteiger partial charge on any atom is -0.356 e. The molecular formula is C21H23Cl2FN2O3S. The molecule has 0 unspecified atom stereocenters. The average molecular weight is 473 g/mol. The van der Waals surface area contributed by atoms with Crippen molar-refractivity contribution in [2.24, 2.45) is 5.92 Å². The zero-order chi connectivity index (χ0) is 21.7. The summed E-state index contributed by atoms with van der Waals surface area (Å²) in [6, 6.07) is 10.9. The van der Waals surface area contributed by atoms with E-state index in [9.17, 15) is 17.6 Å². The lowest BCUT2D eigenvalue weighted by molar-refractivity contribution is -0.126. The van der Waals surface area contributed by atoms with E-state index < -0.39 is 10.0 Å². The molecule has 0 spiro atoms. The molecule has 0 saturated carbocycles. The highest BCUT2D eigenvalue weighted by Gasteiger charge is 2.31. The molecule has 0 bridgehead atoms. The molecule has 3 rings (SSSR count). The van der Waals surface area contributed by atoms with Gasteiger partial charge in [-0.2, -0.15) is 0 Å². The Kier molecular flexibility index (Phi) is 7.74. The molecule has 0 radical (unpaired) electrons. The van der Waals surface area contributed by atoms with E-state index in [1.807, 2.05) is 0 Å². The van der Waals surface area contributed by atoms with E-state index in [1.54, 1.807) is 24.3 Å². The van der Waals surface area contributed by atoms with E-state index >= 15 is 0 Å². The van der Waals surface area contributed by atoms with E-state index in [4.69, 9.17) is 23.2 Å². The van der Waals surface area contributed by atoms with Crippen molar-refractivity contribution < 1.29 is 17.6 Å². The van der Waals surface area contributed by atoms with Gasteiger partial charge in [-0.05, 0) is 54.7 Å². The topological polar surface area (TPSA) is 66.5 Å². The van der Waals surface area contributed by atoms with E-state index in [2.05, 4.69) is 5.32 Å². The quantitative estimate of drug-likeness (QED) is 0.661. The summed E-state index contributed by atoms with van der Waals surface area (Å²) in [6.45, 7) is 1.05. The molecule has 162 valence electrons. The third-order valence-corrected chi connectivity index (χ3v) is 7.61. The van der Waals surface area contributed by atoms with Crippen molar-refractivity contribution in [3.05, 3.63) is 69.5 Å². The third-order valence-electron chi connectivity index (χ3n) is 5.20. The summed E-state index contributed by atoms with van der Waals surface area (Å²) >= 11 is 12.0. The van der Waals surface area contributed by atoms with Crippen LogP contribution in [0.25, 0.3) is 0 Å². The van der Waals surface area contributed by atoms with Gasteiger partial charge in [0, 0.05) is 35.6 Å². The molecule has 2 aromatic rings. The summed E-state index contributed by atoms with van der Waals surface area (Å²) in [4.78, 5) is 12.4. The van der Waals surface area contributed by atoms with Crippen molar-refractivity contribution in [1.29, 1.82) is 0 Å². The van der Waals surface area contributed by atoms with Gasteiger partial charge in [0.05, 0.1) is 5.75 Å². The van der Waals surface area contributed by atoms with Gasteiger partial charge >= 0.3 is 0 Å². The maximum Gasteiger partial charge on any atom is 0.223 e. The molecule has 1 fully saturated rings. The highest BCUT2D eigenvalue weighted by molar-refractivity contribution is 7.88. The first-order chi connectivity index (χ1) is 14.2. The standard InChI is InChI=1S/C21H23Cl2FN2O3S/c22-18-4-3-17(20(23)13-18)14-30(28,29)26-11-8-16(9-12-26)21(27)25-10-7-15-1-5-19(24)6-2-15/h1-6,13,16H,7-12,14H2,(H,25,27). The van der Waals surface area contributed by atoms with Crippen LogP contribution in [0, 0.1) is 11.7 Å². The summed E-state index contributed by atoms with van der Waals surface area (Å²) in [7, 11) is -3.53. The second kappa shape index (κ2) is 10.1. The predicted molar refractivity (Wildman–Crippen MR) is 116 cm³/mol. The van der Waals surface area contributed by atoms with Crippen LogP contribution >= 0.6 is 23.2 Å². The normalized spacial score (nSPS) is 15.8. The van der Waals surface area contributed by atoms with Gasteiger partial charge in [-0.15, -0.1) is 0 Å². The van der Waals surface area contributed by atoms with Crippen LogP contribution < -0.4 is 5.32 Å². The monoisotopic (exact) mass is 472 g/mol. The summed E-state index contributed by atoms with van der Waals surface area (Å²) in [6.07, 6.45) is 1.55. The number of nitrogens with one attached hydrogen (secondary N) is 1. The molecule has 1 amide bonds. The molecule has 1 aliphatic heterocycles. The van der Waals surface area contributed by atoms with Crippen LogP contribution in [0.2, 0.25) is 10.0 Å². The number of benzene rings is 2. The van der Waals surface area contributed by atoms with Crippen LogP contribution in [0.1, 0.15) is 24.0 Å². The number of amides is 1. The summed E-state index contributed by atoms with van der Waals surface area (Å²) < 4.78 is 39.8. The van der Waals surface area contributed by atoms with Crippen molar-refractivity contribution in [2.45, 2.75) is 25.0 Å². The Morgan fingerprint density at radius 2 is 1.77 bits per heavy atom. The number of rotatable bonds is 7. The molecule has 1 aliphatic rings. The van der Waals surface area contributed by atoms with Gasteiger partial charge in [-0.25, -0.2) is 17.1 Å². The van der Waals surface area contributed by atoms with Crippen molar-refractivity contribution in [1.82, 2.24) is 9.62 Å². The van der Waals surface area contributed by atoms with E-state index in [0.29, 0.717) is 54.5 Å². The first-order valence-electron chi connectivity index (χ1n) is 9.68. The fourth-order valence-electron chi connectivity index (χ4n) is 3.45. The van der Waals surface area contributed by atoms with Crippen molar-refractivity contribution >= 4 is 39.1 Å². The van der Waals surface area contributed by atoms with Gasteiger partial charge in [0.1, 0.15) is 5.82 Å². The summed E-state index contributed by atoms with van der Waals surface area (Å²) in [5.74, 6) is -0.779. The Hall–Kier alpha value is -1.67. The molecular weight excluding hydrogens is 450 g/mol.